The van der Waals surface area contributed by atoms with E-state index in [-0.39, 0.29) is 48.5 Å². The Morgan fingerprint density at radius 1 is 1.03 bits per heavy atom. The van der Waals surface area contributed by atoms with Crippen LogP contribution in [0.4, 0.5) is 5.69 Å². The summed E-state index contributed by atoms with van der Waals surface area (Å²) in [5.74, 6) is -0.535. The van der Waals surface area contributed by atoms with E-state index in [1.54, 1.807) is 24.3 Å². The summed E-state index contributed by atoms with van der Waals surface area (Å²) in [4.78, 5) is 27.6. The molecule has 192 valence electrons. The molecule has 2 aromatic carbocycles. The molecule has 0 aliphatic rings. The van der Waals surface area contributed by atoms with Crippen molar-refractivity contribution in [3.8, 4) is 0 Å². The maximum absolute atomic E-state index is 13.3. The van der Waals surface area contributed by atoms with Gasteiger partial charge in [0.15, 0.2) is 0 Å². The zero-order chi connectivity index (χ0) is 26.2. The average molecular weight is 563 g/mol. The van der Waals surface area contributed by atoms with Gasteiger partial charge in [0.25, 0.3) is 0 Å². The number of hydrogen-bond donors (Lipinski definition) is 1. The van der Waals surface area contributed by atoms with Crippen molar-refractivity contribution in [2.75, 3.05) is 23.7 Å². The molecule has 2 aromatic rings. The van der Waals surface area contributed by atoms with Crippen LogP contribution in [0.15, 0.2) is 42.5 Å². The fraction of sp³-hybridized carbons (Fsp3) is 0.417. The lowest BCUT2D eigenvalue weighted by Gasteiger charge is -2.31. The second kappa shape index (κ2) is 13.3. The summed E-state index contributed by atoms with van der Waals surface area (Å²) in [5.41, 5.74) is 0.963. The molecule has 0 spiro atoms. The van der Waals surface area contributed by atoms with E-state index in [1.165, 1.54) is 17.0 Å². The smallest absolute Gasteiger partial charge is 0.242 e. The van der Waals surface area contributed by atoms with Crippen molar-refractivity contribution in [2.45, 2.75) is 45.7 Å². The van der Waals surface area contributed by atoms with E-state index in [4.69, 9.17) is 34.8 Å². The first-order valence-electron chi connectivity index (χ1n) is 11.2. The summed E-state index contributed by atoms with van der Waals surface area (Å²) in [5, 5.41) is 3.85. The maximum atomic E-state index is 13.3. The Morgan fingerprint density at radius 3 is 2.31 bits per heavy atom. The molecule has 2 rings (SSSR count). The van der Waals surface area contributed by atoms with Crippen LogP contribution in [0.3, 0.4) is 0 Å². The van der Waals surface area contributed by atoms with Gasteiger partial charge >= 0.3 is 0 Å². The molecule has 0 unspecified atom stereocenters. The van der Waals surface area contributed by atoms with Crippen molar-refractivity contribution in [1.82, 2.24) is 10.2 Å². The van der Waals surface area contributed by atoms with Crippen molar-refractivity contribution in [1.29, 1.82) is 0 Å². The number of carbonyl (C=O) groups is 2. The Kier molecular flexibility index (Phi) is 11.1. The molecule has 0 heterocycles. The maximum Gasteiger partial charge on any atom is 0.242 e. The molecule has 35 heavy (non-hydrogen) atoms. The first kappa shape index (κ1) is 29.2. The fourth-order valence-corrected chi connectivity index (χ4v) is 5.28. The van der Waals surface area contributed by atoms with Gasteiger partial charge in [-0.2, -0.15) is 0 Å². The minimum atomic E-state index is -3.69. The lowest BCUT2D eigenvalue weighted by atomic mass is 10.1. The molecule has 0 bridgehead atoms. The van der Waals surface area contributed by atoms with Crippen LogP contribution in [-0.4, -0.2) is 50.5 Å². The lowest BCUT2D eigenvalue weighted by Crippen LogP contribution is -2.49. The molecule has 0 fully saturated rings. The van der Waals surface area contributed by atoms with Crippen molar-refractivity contribution >= 4 is 62.3 Å². The van der Waals surface area contributed by atoms with E-state index in [1.807, 2.05) is 19.9 Å². The molecule has 1 atom stereocenters. The van der Waals surface area contributed by atoms with Gasteiger partial charge in [0.2, 0.25) is 21.8 Å². The van der Waals surface area contributed by atoms with Crippen LogP contribution in [0.25, 0.3) is 0 Å². The number of likely N-dealkylation sites (N-methyl/N-ethyl adjacent to an activating group) is 1. The number of hydrogen-bond acceptors (Lipinski definition) is 4. The average Bonchev–Trinajstić information content (AvgIpc) is 2.79. The van der Waals surface area contributed by atoms with E-state index in [9.17, 15) is 18.0 Å². The summed E-state index contributed by atoms with van der Waals surface area (Å²) in [7, 11) is -3.69. The normalized spacial score (nSPS) is 12.2. The molecule has 0 aromatic heterocycles. The third-order valence-corrected chi connectivity index (χ3v) is 7.47. The summed E-state index contributed by atoms with van der Waals surface area (Å²) >= 11 is 18.6. The van der Waals surface area contributed by atoms with E-state index in [0.717, 1.165) is 10.6 Å². The van der Waals surface area contributed by atoms with E-state index >= 15 is 0 Å². The Labute approximate surface area is 222 Å². The minimum Gasteiger partial charge on any atom is -0.355 e. The third kappa shape index (κ3) is 8.27. The Hall–Kier alpha value is -2.00. The number of nitrogens with zero attached hydrogens (tertiary/aromatic N) is 2. The standard InChI is InChI=1S/C24H30Cl3N3O4S/c1-4-21(24(32)28-5-2)29(16-17-9-6-7-10-19(17)26)23(31)11-8-14-30(35(3,33)34)22-15-18(25)12-13-20(22)27/h6-7,9-10,12-13,15,21H,4-5,8,11,14,16H2,1-3H3,(H,28,32)/t21-/m1/s1. The highest BCUT2D eigenvalue weighted by Gasteiger charge is 2.29. The molecule has 0 aliphatic heterocycles. The largest absolute Gasteiger partial charge is 0.355 e. The van der Waals surface area contributed by atoms with Crippen LogP contribution < -0.4 is 9.62 Å². The van der Waals surface area contributed by atoms with Crippen molar-refractivity contribution in [3.63, 3.8) is 0 Å². The zero-order valence-corrected chi connectivity index (χ0v) is 23.0. The van der Waals surface area contributed by atoms with Crippen LogP contribution in [-0.2, 0) is 26.2 Å². The van der Waals surface area contributed by atoms with Gasteiger partial charge in [0.1, 0.15) is 6.04 Å². The third-order valence-electron chi connectivity index (χ3n) is 5.36. The molecule has 0 saturated carbocycles. The van der Waals surface area contributed by atoms with Gasteiger partial charge in [-0.05, 0) is 49.6 Å². The highest BCUT2D eigenvalue weighted by atomic mass is 35.5. The molecular weight excluding hydrogens is 533 g/mol. The molecule has 0 aliphatic carbocycles. The van der Waals surface area contributed by atoms with Crippen molar-refractivity contribution < 1.29 is 18.0 Å². The second-order valence-corrected chi connectivity index (χ2v) is 11.1. The molecule has 11 heteroatoms. The van der Waals surface area contributed by atoms with Gasteiger partial charge in [-0.3, -0.25) is 13.9 Å². The van der Waals surface area contributed by atoms with Gasteiger partial charge in [-0.1, -0.05) is 59.9 Å². The Bertz CT molecular complexity index is 1140. The number of amides is 2. The van der Waals surface area contributed by atoms with Crippen molar-refractivity contribution in [3.05, 3.63) is 63.1 Å². The highest BCUT2D eigenvalue weighted by molar-refractivity contribution is 7.92. The quantitative estimate of drug-likeness (QED) is 0.388. The topological polar surface area (TPSA) is 86.8 Å². The SMILES string of the molecule is CCNC(=O)[C@@H](CC)N(Cc1ccccc1Cl)C(=O)CCCN(c1cc(Cl)ccc1Cl)S(C)(=O)=O. The Balaban J connectivity index is 2.25. The van der Waals surface area contributed by atoms with Crippen molar-refractivity contribution in [2.24, 2.45) is 0 Å². The van der Waals surface area contributed by atoms with E-state index in [0.29, 0.717) is 28.6 Å². The predicted molar refractivity (Wildman–Crippen MR) is 143 cm³/mol. The number of carbonyl (C=O) groups excluding carboxylic acids is 2. The number of nitrogens with one attached hydrogen (secondary N) is 1. The second-order valence-electron chi connectivity index (χ2n) is 7.97. The molecule has 2 amide bonds. The van der Waals surface area contributed by atoms with Gasteiger partial charge in [-0.25, -0.2) is 8.42 Å². The lowest BCUT2D eigenvalue weighted by molar-refractivity contribution is -0.141. The summed E-state index contributed by atoms with van der Waals surface area (Å²) in [6.45, 7) is 4.25. The first-order valence-corrected chi connectivity index (χ1v) is 14.2. The fourth-order valence-electron chi connectivity index (χ4n) is 3.68. The molecular formula is C24H30Cl3N3O4S. The summed E-state index contributed by atoms with van der Waals surface area (Å²) in [6.07, 6.45) is 1.71. The van der Waals surface area contributed by atoms with Gasteiger partial charge in [-0.15, -0.1) is 0 Å². The van der Waals surface area contributed by atoms with Crippen LogP contribution in [0.1, 0.15) is 38.7 Å². The van der Waals surface area contributed by atoms with E-state index < -0.39 is 16.1 Å². The number of rotatable bonds is 12. The predicted octanol–water partition coefficient (Wildman–Crippen LogP) is 5.14. The molecule has 0 radical (unpaired) electrons. The van der Waals surface area contributed by atoms with Gasteiger partial charge in [0.05, 0.1) is 17.0 Å². The first-order chi connectivity index (χ1) is 16.5. The molecule has 7 nitrogen and oxygen atoms in total. The number of benzene rings is 2. The zero-order valence-electron chi connectivity index (χ0n) is 19.9. The van der Waals surface area contributed by atoms with E-state index in [2.05, 4.69) is 5.32 Å². The van der Waals surface area contributed by atoms with Crippen LogP contribution >= 0.6 is 34.8 Å². The van der Waals surface area contributed by atoms with Crippen LogP contribution in [0, 0.1) is 0 Å². The molecule has 1 N–H and O–H groups in total. The van der Waals surface area contributed by atoms with Gasteiger partial charge in [0, 0.05) is 36.1 Å². The number of sulfonamides is 1. The number of anilines is 1. The monoisotopic (exact) mass is 561 g/mol. The molecule has 0 saturated heterocycles. The summed E-state index contributed by atoms with van der Waals surface area (Å²) < 4.78 is 26.1. The number of halogens is 3. The van der Waals surface area contributed by atoms with Crippen LogP contribution in [0.2, 0.25) is 15.1 Å². The Morgan fingerprint density at radius 2 is 1.71 bits per heavy atom. The summed E-state index contributed by atoms with van der Waals surface area (Å²) in [6, 6.07) is 11.0. The highest BCUT2D eigenvalue weighted by Crippen LogP contribution is 2.31. The van der Waals surface area contributed by atoms with Gasteiger partial charge < -0.3 is 10.2 Å². The minimum absolute atomic E-state index is 0.0164. The van der Waals surface area contributed by atoms with Crippen LogP contribution in [0.5, 0.6) is 0 Å².